The molecule has 0 saturated heterocycles. The number of halogens is 1. The number of phenolic OH excluding ortho intramolecular Hbond substituents is 1. The molecule has 276 valence electrons. The second-order valence-electron chi connectivity index (χ2n) is 12.8. The number of hydrogen-bond donors (Lipinski definition) is 5. The van der Waals surface area contributed by atoms with Gasteiger partial charge < -0.3 is 30.6 Å². The van der Waals surface area contributed by atoms with Gasteiger partial charge in [-0.25, -0.2) is 4.79 Å². The molecule has 0 saturated carbocycles. The SMILES string of the molecule is O=C(CNC(=O)C(Br)c1ccccc1)NCCCCCCCCCCNC(=O)c1ccc(-c2c3ccc(=O)cc-3oc3cc(O)ccc23)c(C(=O)O)c1. The summed E-state index contributed by atoms with van der Waals surface area (Å²) in [6.07, 6.45) is 7.82. The van der Waals surface area contributed by atoms with Gasteiger partial charge in [-0.15, -0.1) is 0 Å². The average Bonchev–Trinajstić information content (AvgIpc) is 3.15. The van der Waals surface area contributed by atoms with E-state index in [-0.39, 0.29) is 57.9 Å². The molecule has 0 aromatic heterocycles. The number of carbonyl (C=O) groups excluding carboxylic acids is 3. The van der Waals surface area contributed by atoms with E-state index < -0.39 is 10.8 Å². The van der Waals surface area contributed by atoms with Gasteiger partial charge in [0.15, 0.2) is 5.43 Å². The normalized spacial score (nSPS) is 11.6. The van der Waals surface area contributed by atoms with Crippen LogP contribution in [0.5, 0.6) is 5.75 Å². The molecule has 5 rings (SSSR count). The smallest absolute Gasteiger partial charge is 0.336 e. The highest BCUT2D eigenvalue weighted by Crippen LogP contribution is 2.42. The molecule has 0 fully saturated rings. The fourth-order valence-corrected chi connectivity index (χ4v) is 6.63. The van der Waals surface area contributed by atoms with Gasteiger partial charge in [0.05, 0.1) is 12.1 Å². The van der Waals surface area contributed by atoms with Crippen LogP contribution in [0.1, 0.15) is 82.5 Å². The number of nitrogens with one attached hydrogen (secondary N) is 3. The number of carboxylic acids is 1. The number of rotatable bonds is 18. The zero-order valence-corrected chi connectivity index (χ0v) is 30.7. The third-order valence-corrected chi connectivity index (χ3v) is 9.86. The van der Waals surface area contributed by atoms with Crippen LogP contribution >= 0.6 is 15.9 Å². The number of aromatic carboxylic acids is 1. The minimum absolute atomic E-state index is 0.0425. The van der Waals surface area contributed by atoms with E-state index in [2.05, 4.69) is 31.9 Å². The Bertz CT molecular complexity index is 2100. The van der Waals surface area contributed by atoms with E-state index in [1.807, 2.05) is 30.3 Å². The quantitative estimate of drug-likeness (QED) is 0.0353. The van der Waals surface area contributed by atoms with Gasteiger partial charge in [-0.05, 0) is 60.4 Å². The minimum Gasteiger partial charge on any atom is -0.508 e. The van der Waals surface area contributed by atoms with Crippen LogP contribution in [0.25, 0.3) is 33.4 Å². The van der Waals surface area contributed by atoms with E-state index in [0.29, 0.717) is 35.2 Å². The monoisotopic (exact) mass is 783 g/mol. The highest BCUT2D eigenvalue weighted by atomic mass is 79.9. The fourth-order valence-electron chi connectivity index (χ4n) is 6.17. The summed E-state index contributed by atoms with van der Waals surface area (Å²) in [4.78, 5) is 61.4. The van der Waals surface area contributed by atoms with Gasteiger partial charge in [0.25, 0.3) is 5.91 Å². The van der Waals surface area contributed by atoms with Crippen molar-refractivity contribution >= 4 is 50.6 Å². The molecule has 3 amide bonds. The number of fused-ring (bicyclic) bond motifs is 2. The van der Waals surface area contributed by atoms with Gasteiger partial charge >= 0.3 is 5.97 Å². The maximum atomic E-state index is 13.0. The lowest BCUT2D eigenvalue weighted by molar-refractivity contribution is -0.125. The number of benzene rings is 4. The summed E-state index contributed by atoms with van der Waals surface area (Å²) in [5.41, 5.74) is 2.36. The van der Waals surface area contributed by atoms with Crippen molar-refractivity contribution in [1.29, 1.82) is 0 Å². The first-order valence-electron chi connectivity index (χ1n) is 17.7. The number of aromatic hydroxyl groups is 1. The molecule has 3 aromatic rings. The van der Waals surface area contributed by atoms with E-state index >= 15 is 0 Å². The van der Waals surface area contributed by atoms with Crippen molar-refractivity contribution in [3.8, 4) is 28.2 Å². The fraction of sp³-hybridized carbons (Fsp3) is 0.293. The zero-order chi connectivity index (χ0) is 37.7. The predicted octanol–water partition coefficient (Wildman–Crippen LogP) is 7.19. The van der Waals surface area contributed by atoms with E-state index in [1.165, 1.54) is 30.3 Å². The Morgan fingerprint density at radius 3 is 2.08 bits per heavy atom. The lowest BCUT2D eigenvalue weighted by Gasteiger charge is -2.17. The predicted molar refractivity (Wildman–Crippen MR) is 207 cm³/mol. The molecule has 0 spiro atoms. The third-order valence-electron chi connectivity index (χ3n) is 8.92. The average molecular weight is 785 g/mol. The van der Waals surface area contributed by atoms with Crippen molar-refractivity contribution in [3.63, 3.8) is 0 Å². The van der Waals surface area contributed by atoms with Gasteiger partial charge in [0, 0.05) is 47.3 Å². The van der Waals surface area contributed by atoms with E-state index in [4.69, 9.17) is 4.42 Å². The molecule has 5 N–H and O–H groups in total. The van der Waals surface area contributed by atoms with Gasteiger partial charge in [-0.2, -0.15) is 0 Å². The first-order chi connectivity index (χ1) is 25.6. The molecule has 11 nitrogen and oxygen atoms in total. The van der Waals surface area contributed by atoms with Gasteiger partial charge in [-0.1, -0.05) is 90.9 Å². The van der Waals surface area contributed by atoms with Gasteiger partial charge in [0.1, 0.15) is 21.9 Å². The number of amides is 3. The minimum atomic E-state index is -1.21. The molecular formula is C41H42BrN3O8. The molecule has 0 bridgehead atoms. The third kappa shape index (κ3) is 10.5. The molecule has 53 heavy (non-hydrogen) atoms. The summed E-state index contributed by atoms with van der Waals surface area (Å²) in [6.45, 7) is 0.957. The Hall–Kier alpha value is -5.49. The topological polar surface area (TPSA) is 175 Å². The van der Waals surface area contributed by atoms with Crippen LogP contribution in [0.15, 0.2) is 94.1 Å². The lowest BCUT2D eigenvalue weighted by atomic mass is 9.90. The largest absolute Gasteiger partial charge is 0.508 e. The summed E-state index contributed by atoms with van der Waals surface area (Å²) in [6, 6.07) is 22.6. The van der Waals surface area contributed by atoms with E-state index in [0.717, 1.165) is 56.9 Å². The van der Waals surface area contributed by atoms with Crippen molar-refractivity contribution in [2.24, 2.45) is 0 Å². The molecule has 1 unspecified atom stereocenters. The Labute approximate surface area is 315 Å². The van der Waals surface area contributed by atoms with Crippen LogP contribution in [0.3, 0.4) is 0 Å². The number of carboxylic acid groups (broad SMARTS) is 1. The number of carbonyl (C=O) groups is 4. The molecule has 3 aromatic carbocycles. The summed E-state index contributed by atoms with van der Waals surface area (Å²) < 4.78 is 5.88. The first-order valence-corrected chi connectivity index (χ1v) is 18.6. The molecule has 12 heteroatoms. The highest BCUT2D eigenvalue weighted by Gasteiger charge is 2.23. The molecule has 1 aliphatic carbocycles. The Kier molecular flexibility index (Phi) is 13.8. The maximum absolute atomic E-state index is 13.0. The molecule has 1 heterocycles. The molecule has 1 aliphatic heterocycles. The number of hydrogen-bond acceptors (Lipinski definition) is 7. The number of alkyl halides is 1. The number of phenols is 1. The summed E-state index contributed by atoms with van der Waals surface area (Å²) >= 11 is 3.36. The van der Waals surface area contributed by atoms with Crippen LogP contribution in [-0.2, 0) is 9.59 Å². The number of unbranched alkanes of at least 4 members (excludes halogenated alkanes) is 7. The molecule has 0 radical (unpaired) electrons. The van der Waals surface area contributed by atoms with E-state index in [9.17, 15) is 34.2 Å². The Balaban J connectivity index is 0.999. The Morgan fingerprint density at radius 2 is 1.38 bits per heavy atom. The first kappa shape index (κ1) is 38.7. The maximum Gasteiger partial charge on any atom is 0.336 e. The van der Waals surface area contributed by atoms with Gasteiger partial charge in [0.2, 0.25) is 11.8 Å². The van der Waals surface area contributed by atoms with Crippen molar-refractivity contribution < 1.29 is 33.8 Å². The van der Waals surface area contributed by atoms with Crippen molar-refractivity contribution in [3.05, 3.63) is 112 Å². The summed E-state index contributed by atoms with van der Waals surface area (Å²) in [7, 11) is 0. The molecule has 2 aliphatic rings. The zero-order valence-electron chi connectivity index (χ0n) is 29.2. The standard InChI is InChI=1S/C41H42BrN3O8/c42-38(26-12-8-7-9-13-26)40(50)45-25-36(48)43-20-10-5-3-1-2-4-6-11-21-44-39(49)27-14-17-30(33(22-27)41(51)52)37-31-18-15-28(46)23-34(31)53-35-24-29(47)16-19-32(35)37/h7-9,12-19,22-24,38,46H,1-6,10-11,20-21,25H2,(H,43,48)(H,44,49)(H,45,50)(H,51,52). The van der Waals surface area contributed by atoms with Crippen LogP contribution < -0.4 is 21.4 Å². The van der Waals surface area contributed by atoms with Gasteiger partial charge in [-0.3, -0.25) is 19.2 Å². The summed E-state index contributed by atoms with van der Waals surface area (Å²) in [5, 5.41) is 29.1. The molecule has 1 atom stereocenters. The molecular weight excluding hydrogens is 742 g/mol. The highest BCUT2D eigenvalue weighted by molar-refractivity contribution is 9.09. The van der Waals surface area contributed by atoms with Crippen molar-refractivity contribution in [1.82, 2.24) is 16.0 Å². The second-order valence-corrected chi connectivity index (χ2v) is 13.7. The van der Waals surface area contributed by atoms with Crippen LogP contribution in [-0.4, -0.2) is 53.5 Å². The second kappa shape index (κ2) is 18.8. The lowest BCUT2D eigenvalue weighted by Crippen LogP contribution is -2.38. The van der Waals surface area contributed by atoms with Crippen LogP contribution in [0, 0.1) is 0 Å². The summed E-state index contributed by atoms with van der Waals surface area (Å²) in [5.74, 6) is -1.85. The Morgan fingerprint density at radius 1 is 0.717 bits per heavy atom. The van der Waals surface area contributed by atoms with E-state index in [1.54, 1.807) is 24.3 Å². The van der Waals surface area contributed by atoms with Crippen molar-refractivity contribution in [2.75, 3.05) is 19.6 Å². The van der Waals surface area contributed by atoms with Crippen LogP contribution in [0.2, 0.25) is 0 Å². The van der Waals surface area contributed by atoms with Crippen molar-refractivity contribution in [2.45, 2.75) is 56.2 Å². The van der Waals surface area contributed by atoms with Crippen LogP contribution in [0.4, 0.5) is 0 Å².